The Balaban J connectivity index is 2.15. The van der Waals surface area contributed by atoms with E-state index in [1.165, 1.54) is 19.1 Å². The fourth-order valence-corrected chi connectivity index (χ4v) is 4.79. The van der Waals surface area contributed by atoms with Gasteiger partial charge in [-0.3, -0.25) is 9.10 Å². The summed E-state index contributed by atoms with van der Waals surface area (Å²) in [5.74, 6) is -0.440. The van der Waals surface area contributed by atoms with E-state index in [0.29, 0.717) is 5.02 Å². The first-order chi connectivity index (χ1) is 14.1. The number of carbonyl (C=O) groups excluding carboxylic acids is 1. The van der Waals surface area contributed by atoms with Gasteiger partial charge in [0.25, 0.3) is 0 Å². The van der Waals surface area contributed by atoms with Crippen molar-refractivity contribution in [1.82, 2.24) is 5.32 Å². The third-order valence-electron chi connectivity index (χ3n) is 4.77. The molecule has 0 spiro atoms. The number of benzene rings is 2. The zero-order valence-electron chi connectivity index (χ0n) is 17.5. The molecule has 0 aromatic heterocycles. The summed E-state index contributed by atoms with van der Waals surface area (Å²) in [5, 5.41) is 3.31. The average molecular weight is 472 g/mol. The van der Waals surface area contributed by atoms with E-state index in [1.54, 1.807) is 6.07 Å². The number of anilines is 2. The lowest BCUT2D eigenvalue weighted by molar-refractivity contribution is -0.122. The standard InChI is InChI=1S/C21H27Cl2N3O3S/c1-5-25(6-2)18-10-7-16(8-11-18)14-24-21(27)15(3)26(30(4,28)29)20-13-17(22)9-12-19(20)23/h7-13,15H,5-6,14H2,1-4H3,(H,24,27)/t15-/m1/s1. The fourth-order valence-electron chi connectivity index (χ4n) is 3.19. The van der Waals surface area contributed by atoms with E-state index in [-0.39, 0.29) is 17.3 Å². The van der Waals surface area contributed by atoms with Crippen LogP contribution in [0.4, 0.5) is 11.4 Å². The number of hydrogen-bond acceptors (Lipinski definition) is 4. The monoisotopic (exact) mass is 471 g/mol. The maximum absolute atomic E-state index is 12.7. The zero-order chi connectivity index (χ0) is 22.5. The van der Waals surface area contributed by atoms with Crippen molar-refractivity contribution in [1.29, 1.82) is 0 Å². The average Bonchev–Trinajstić information content (AvgIpc) is 2.69. The second-order valence-electron chi connectivity index (χ2n) is 6.89. The molecule has 6 nitrogen and oxygen atoms in total. The van der Waals surface area contributed by atoms with Crippen molar-refractivity contribution in [2.45, 2.75) is 33.4 Å². The molecule has 30 heavy (non-hydrogen) atoms. The van der Waals surface area contributed by atoms with E-state index in [1.807, 2.05) is 24.3 Å². The van der Waals surface area contributed by atoms with Crippen molar-refractivity contribution in [2.75, 3.05) is 28.6 Å². The predicted molar refractivity (Wildman–Crippen MR) is 125 cm³/mol. The van der Waals surface area contributed by atoms with Crippen molar-refractivity contribution in [3.63, 3.8) is 0 Å². The lowest BCUT2D eigenvalue weighted by atomic mass is 10.2. The molecule has 0 aliphatic heterocycles. The van der Waals surface area contributed by atoms with E-state index < -0.39 is 22.0 Å². The molecule has 0 aliphatic carbocycles. The molecule has 2 aromatic rings. The molecule has 0 heterocycles. The first-order valence-electron chi connectivity index (χ1n) is 9.64. The van der Waals surface area contributed by atoms with E-state index in [4.69, 9.17) is 23.2 Å². The maximum Gasteiger partial charge on any atom is 0.243 e. The Morgan fingerprint density at radius 1 is 1.07 bits per heavy atom. The molecular weight excluding hydrogens is 445 g/mol. The number of amides is 1. The van der Waals surface area contributed by atoms with Crippen LogP contribution in [0.3, 0.4) is 0 Å². The first-order valence-corrected chi connectivity index (χ1v) is 12.2. The second-order valence-corrected chi connectivity index (χ2v) is 9.59. The van der Waals surface area contributed by atoms with Crippen molar-refractivity contribution in [3.8, 4) is 0 Å². The zero-order valence-corrected chi connectivity index (χ0v) is 19.9. The van der Waals surface area contributed by atoms with Gasteiger partial charge in [-0.05, 0) is 56.7 Å². The van der Waals surface area contributed by atoms with Gasteiger partial charge in [0.15, 0.2) is 0 Å². The first kappa shape index (κ1) is 24.3. The largest absolute Gasteiger partial charge is 0.372 e. The molecule has 0 bridgehead atoms. The topological polar surface area (TPSA) is 69.7 Å². The third kappa shape index (κ3) is 6.03. The smallest absolute Gasteiger partial charge is 0.243 e. The molecule has 0 radical (unpaired) electrons. The highest BCUT2D eigenvalue weighted by Gasteiger charge is 2.30. The van der Waals surface area contributed by atoms with Crippen LogP contribution < -0.4 is 14.5 Å². The summed E-state index contributed by atoms with van der Waals surface area (Å²) in [6.07, 6.45) is 1.03. The van der Waals surface area contributed by atoms with Crippen LogP contribution >= 0.6 is 23.2 Å². The number of sulfonamides is 1. The lowest BCUT2D eigenvalue weighted by Gasteiger charge is -2.29. The number of nitrogens with zero attached hydrogens (tertiary/aromatic N) is 2. The van der Waals surface area contributed by atoms with Gasteiger partial charge in [-0.15, -0.1) is 0 Å². The van der Waals surface area contributed by atoms with Crippen molar-refractivity contribution >= 4 is 50.5 Å². The number of halogens is 2. The van der Waals surface area contributed by atoms with Crippen LogP contribution in [0.25, 0.3) is 0 Å². The molecule has 1 atom stereocenters. The van der Waals surface area contributed by atoms with Gasteiger partial charge >= 0.3 is 0 Å². The summed E-state index contributed by atoms with van der Waals surface area (Å²) in [4.78, 5) is 15.0. The molecule has 1 amide bonds. The van der Waals surface area contributed by atoms with Gasteiger partial charge in [0.1, 0.15) is 6.04 Å². The Bertz CT molecular complexity index is 977. The van der Waals surface area contributed by atoms with Gasteiger partial charge in [-0.2, -0.15) is 0 Å². The van der Waals surface area contributed by atoms with Gasteiger partial charge in [-0.25, -0.2) is 8.42 Å². The minimum Gasteiger partial charge on any atom is -0.372 e. The van der Waals surface area contributed by atoms with E-state index in [2.05, 4.69) is 24.1 Å². The molecular formula is C21H27Cl2N3O3S. The molecule has 2 aromatic carbocycles. The minimum atomic E-state index is -3.78. The molecule has 2 rings (SSSR count). The van der Waals surface area contributed by atoms with Gasteiger partial charge in [0, 0.05) is 30.3 Å². The lowest BCUT2D eigenvalue weighted by Crippen LogP contribution is -2.47. The predicted octanol–water partition coefficient (Wildman–Crippen LogP) is 4.31. The minimum absolute atomic E-state index is 0.165. The van der Waals surface area contributed by atoms with Crippen LogP contribution in [0.15, 0.2) is 42.5 Å². The Morgan fingerprint density at radius 2 is 1.67 bits per heavy atom. The quantitative estimate of drug-likeness (QED) is 0.591. The maximum atomic E-state index is 12.7. The van der Waals surface area contributed by atoms with Gasteiger partial charge in [-0.1, -0.05) is 35.3 Å². The van der Waals surface area contributed by atoms with Crippen molar-refractivity contribution in [3.05, 3.63) is 58.1 Å². The highest BCUT2D eigenvalue weighted by molar-refractivity contribution is 7.92. The van der Waals surface area contributed by atoms with Crippen LogP contribution in [-0.2, 0) is 21.4 Å². The Hall–Kier alpha value is -1.96. The van der Waals surface area contributed by atoms with Gasteiger partial charge in [0.05, 0.1) is 17.0 Å². The number of carbonyl (C=O) groups is 1. The molecule has 0 unspecified atom stereocenters. The van der Waals surface area contributed by atoms with E-state index in [0.717, 1.165) is 34.9 Å². The SMILES string of the molecule is CCN(CC)c1ccc(CNC(=O)[C@@H](C)N(c2cc(Cl)ccc2Cl)S(C)(=O)=O)cc1. The molecule has 0 saturated carbocycles. The Labute approximate surface area is 188 Å². The molecule has 9 heteroatoms. The van der Waals surface area contributed by atoms with Crippen LogP contribution in [-0.4, -0.2) is 39.7 Å². The van der Waals surface area contributed by atoms with Crippen LogP contribution in [0.2, 0.25) is 10.0 Å². The summed E-state index contributed by atoms with van der Waals surface area (Å²) >= 11 is 12.2. The van der Waals surface area contributed by atoms with Gasteiger partial charge in [0.2, 0.25) is 15.9 Å². The molecule has 0 aliphatic rings. The molecule has 164 valence electrons. The van der Waals surface area contributed by atoms with Crippen molar-refractivity contribution in [2.24, 2.45) is 0 Å². The summed E-state index contributed by atoms with van der Waals surface area (Å²) in [7, 11) is -3.78. The van der Waals surface area contributed by atoms with Crippen LogP contribution in [0.1, 0.15) is 26.3 Å². The van der Waals surface area contributed by atoms with E-state index >= 15 is 0 Å². The van der Waals surface area contributed by atoms with Crippen LogP contribution in [0.5, 0.6) is 0 Å². The molecule has 0 fully saturated rings. The highest BCUT2D eigenvalue weighted by atomic mass is 35.5. The molecule has 0 saturated heterocycles. The summed E-state index contributed by atoms with van der Waals surface area (Å²) in [6, 6.07) is 11.4. The van der Waals surface area contributed by atoms with Crippen molar-refractivity contribution < 1.29 is 13.2 Å². The number of nitrogens with one attached hydrogen (secondary N) is 1. The summed E-state index contributed by atoms with van der Waals surface area (Å²) < 4.78 is 25.8. The van der Waals surface area contributed by atoms with Gasteiger partial charge < -0.3 is 10.2 Å². The fraction of sp³-hybridized carbons (Fsp3) is 0.381. The number of rotatable bonds is 9. The second kappa shape index (κ2) is 10.4. The number of hydrogen-bond donors (Lipinski definition) is 1. The Kier molecular flexibility index (Phi) is 8.41. The van der Waals surface area contributed by atoms with E-state index in [9.17, 15) is 13.2 Å². The van der Waals surface area contributed by atoms with Crippen LogP contribution in [0, 0.1) is 0 Å². The normalized spacial score (nSPS) is 12.3. The summed E-state index contributed by atoms with van der Waals surface area (Å²) in [6.45, 7) is 7.81. The third-order valence-corrected chi connectivity index (χ3v) is 6.55. The molecule has 1 N–H and O–H groups in total. The Morgan fingerprint density at radius 3 is 2.20 bits per heavy atom. The summed E-state index contributed by atoms with van der Waals surface area (Å²) in [5.41, 5.74) is 2.19. The highest BCUT2D eigenvalue weighted by Crippen LogP contribution is 2.32.